The van der Waals surface area contributed by atoms with E-state index >= 15 is 8.78 Å². The quantitative estimate of drug-likeness (QED) is 0.341. The molecule has 0 saturated carbocycles. The molecule has 4 bridgehead atoms. The number of piperazine rings is 2. The highest BCUT2D eigenvalue weighted by Gasteiger charge is 2.93. The number of likely N-dealkylation sites (N-methyl/N-ethyl adjacent to an activating group) is 2. The van der Waals surface area contributed by atoms with Crippen LogP contribution in [0.15, 0.2) is 36.4 Å². The number of aliphatic hydroxyl groups is 2. The fourth-order valence-corrected chi connectivity index (χ4v) is 18.4. The van der Waals surface area contributed by atoms with Crippen molar-refractivity contribution in [3.05, 3.63) is 59.2 Å². The predicted octanol–water partition coefficient (Wildman–Crippen LogP) is 2.39. The molecule has 0 aliphatic carbocycles. The van der Waals surface area contributed by atoms with Crippen LogP contribution in [0.2, 0.25) is 0 Å². The standard InChI is InChI=1S/C32H30F2N6O6S4/c1-5-27-23(43)39-21-29(15-11-13(33)7-9-17(15)35-21,19(41)31(39,49-47-27)25(45)37(27)3)30-16-12-14(34)8-10-18(16)36-22(30)40-24(44)28(6-2)38(4)26(46)32(40,20(30)42)50-48-28/h7-12,19-22,35-36,41-42H,5-6H2,1-4H3/t19-,20-,21+,22+,27-,28-,29+,30?,31-,32-/m0/s1. The first-order chi connectivity index (χ1) is 23.7. The van der Waals surface area contributed by atoms with Gasteiger partial charge in [-0.3, -0.25) is 29.0 Å². The first kappa shape index (κ1) is 31.8. The lowest BCUT2D eigenvalue weighted by atomic mass is 9.52. The van der Waals surface area contributed by atoms with Crippen molar-refractivity contribution in [2.24, 2.45) is 0 Å². The zero-order valence-corrected chi connectivity index (χ0v) is 30.2. The van der Waals surface area contributed by atoms with Crippen molar-refractivity contribution in [1.29, 1.82) is 0 Å². The summed E-state index contributed by atoms with van der Waals surface area (Å²) in [5, 5.41) is 33.4. The SMILES string of the molecule is CC[C@@]12SS[C@]3(C(=O)N1C)[C@@H](O)C1([C@@]45c6cc(F)ccc6N[C@@H]4N4C(=O)[C@]6(CC)SS[C@]4(C(=O)N6C)[C@H]5O)c4cc(F)ccc4N[C@@H]1N3C2=O. The van der Waals surface area contributed by atoms with Crippen molar-refractivity contribution in [2.75, 3.05) is 24.7 Å². The number of nitrogens with zero attached hydrogens (tertiary/aromatic N) is 4. The van der Waals surface area contributed by atoms with Crippen molar-refractivity contribution in [1.82, 2.24) is 19.6 Å². The number of aliphatic hydroxyl groups excluding tert-OH is 2. The van der Waals surface area contributed by atoms with E-state index in [1.54, 1.807) is 13.8 Å². The summed E-state index contributed by atoms with van der Waals surface area (Å²) in [4.78, 5) is 58.0. The maximum Gasteiger partial charge on any atom is 0.264 e. The number of hydrogen-bond donors (Lipinski definition) is 4. The maximum absolute atomic E-state index is 15.7. The minimum Gasteiger partial charge on any atom is -0.388 e. The summed E-state index contributed by atoms with van der Waals surface area (Å²) < 4.78 is 31.3. The van der Waals surface area contributed by atoms with E-state index in [4.69, 9.17) is 0 Å². The Hall–Kier alpha value is -2.90. The number of benzene rings is 2. The molecule has 10 heterocycles. The van der Waals surface area contributed by atoms with Crippen LogP contribution in [0.1, 0.15) is 37.8 Å². The van der Waals surface area contributed by atoms with Crippen LogP contribution in [0.3, 0.4) is 0 Å². The zero-order chi connectivity index (χ0) is 35.3. The number of amides is 4. The molecule has 12 nitrogen and oxygen atoms in total. The first-order valence-corrected chi connectivity index (χ1v) is 20.5. The largest absolute Gasteiger partial charge is 0.388 e. The summed E-state index contributed by atoms with van der Waals surface area (Å²) in [7, 11) is 7.42. The summed E-state index contributed by atoms with van der Waals surface area (Å²) >= 11 is 0. The van der Waals surface area contributed by atoms with Gasteiger partial charge >= 0.3 is 0 Å². The van der Waals surface area contributed by atoms with Gasteiger partial charge in [0.15, 0.2) is 9.74 Å². The normalized spacial score (nSPS) is 44.2. The molecule has 10 atom stereocenters. The number of halogens is 2. The lowest BCUT2D eigenvalue weighted by Gasteiger charge is -2.59. The third kappa shape index (κ3) is 2.70. The van der Waals surface area contributed by atoms with Gasteiger partial charge in [0.25, 0.3) is 23.6 Å². The van der Waals surface area contributed by atoms with Gasteiger partial charge in [-0.15, -0.1) is 0 Å². The van der Waals surface area contributed by atoms with E-state index in [2.05, 4.69) is 10.6 Å². The number of hydrogen-bond acceptors (Lipinski definition) is 12. The van der Waals surface area contributed by atoms with Gasteiger partial charge in [-0.05, 0) is 82.0 Å². The summed E-state index contributed by atoms with van der Waals surface area (Å²) in [5.74, 6) is -3.46. The van der Waals surface area contributed by atoms with Crippen LogP contribution in [0, 0.1) is 11.6 Å². The number of carbonyl (C=O) groups excluding carboxylic acids is 4. The second-order valence-electron chi connectivity index (χ2n) is 14.1. The molecule has 10 aliphatic rings. The Morgan fingerprint density at radius 3 is 1.40 bits per heavy atom. The Morgan fingerprint density at radius 2 is 1.04 bits per heavy atom. The summed E-state index contributed by atoms with van der Waals surface area (Å²) in [6, 6.07) is 7.75. The number of anilines is 2. The van der Waals surface area contributed by atoms with Crippen molar-refractivity contribution in [2.45, 2.75) is 81.5 Å². The highest BCUT2D eigenvalue weighted by atomic mass is 33.1. The van der Waals surface area contributed by atoms with E-state index in [0.29, 0.717) is 11.4 Å². The van der Waals surface area contributed by atoms with Crippen molar-refractivity contribution in [3.63, 3.8) is 0 Å². The van der Waals surface area contributed by atoms with E-state index in [1.165, 1.54) is 70.1 Å². The molecule has 1 unspecified atom stereocenters. The molecule has 4 N–H and O–H groups in total. The van der Waals surface area contributed by atoms with E-state index in [9.17, 15) is 29.4 Å². The van der Waals surface area contributed by atoms with Crippen molar-refractivity contribution in [3.8, 4) is 0 Å². The van der Waals surface area contributed by atoms with Crippen LogP contribution in [-0.4, -0.2) is 112 Å². The second-order valence-corrected chi connectivity index (χ2v) is 19.4. The number of rotatable bonds is 3. The van der Waals surface area contributed by atoms with Crippen LogP contribution >= 0.6 is 43.2 Å². The van der Waals surface area contributed by atoms with E-state index < -0.39 is 90.1 Å². The van der Waals surface area contributed by atoms with Gasteiger partial charge in [0, 0.05) is 25.5 Å². The van der Waals surface area contributed by atoms with Crippen molar-refractivity contribution >= 4 is 78.2 Å². The molecule has 2 spiro atoms. The van der Waals surface area contributed by atoms with E-state index in [1.807, 2.05) is 0 Å². The minimum atomic E-state index is -2.05. The Balaban J connectivity index is 1.36. The molecule has 50 heavy (non-hydrogen) atoms. The molecule has 4 amide bonds. The van der Waals surface area contributed by atoms with Gasteiger partial charge in [0.1, 0.15) is 36.2 Å². The monoisotopic (exact) mass is 760 g/mol. The summed E-state index contributed by atoms with van der Waals surface area (Å²) in [6.07, 6.45) is -5.93. The molecule has 262 valence electrons. The molecular weight excluding hydrogens is 731 g/mol. The van der Waals surface area contributed by atoms with Gasteiger partial charge in [0.05, 0.1) is 10.8 Å². The van der Waals surface area contributed by atoms with Gasteiger partial charge in [-0.1, -0.05) is 35.4 Å². The molecule has 8 fully saturated rings. The topological polar surface area (TPSA) is 146 Å². The fourth-order valence-electron chi connectivity index (χ4n) is 10.6. The first-order valence-electron chi connectivity index (χ1n) is 16.2. The van der Waals surface area contributed by atoms with Crippen LogP contribution in [0.5, 0.6) is 0 Å². The molecular formula is C32H30F2N6O6S4. The average molecular weight is 761 g/mol. The van der Waals surface area contributed by atoms with Crippen LogP contribution in [0.4, 0.5) is 20.2 Å². The molecule has 2 aromatic rings. The average Bonchev–Trinajstić information content (AvgIpc) is 3.75. The lowest BCUT2D eigenvalue weighted by Crippen LogP contribution is -2.78. The van der Waals surface area contributed by atoms with Gasteiger partial charge in [0.2, 0.25) is 9.74 Å². The second kappa shape index (κ2) is 9.17. The molecule has 0 radical (unpaired) electrons. The Morgan fingerprint density at radius 1 is 0.660 bits per heavy atom. The number of fused-ring (bicyclic) bond motifs is 11. The van der Waals surface area contributed by atoms with Crippen LogP contribution < -0.4 is 10.6 Å². The highest BCUT2D eigenvalue weighted by molar-refractivity contribution is 8.78. The van der Waals surface area contributed by atoms with Gasteiger partial charge < -0.3 is 30.6 Å². The van der Waals surface area contributed by atoms with E-state index in [-0.39, 0.29) is 24.0 Å². The molecule has 10 aliphatic heterocycles. The van der Waals surface area contributed by atoms with Crippen LogP contribution in [-0.2, 0) is 30.0 Å². The lowest BCUT2D eigenvalue weighted by molar-refractivity contribution is -0.167. The Bertz CT molecular complexity index is 1910. The van der Waals surface area contributed by atoms with Crippen molar-refractivity contribution < 1.29 is 38.2 Å². The van der Waals surface area contributed by atoms with Gasteiger partial charge in [-0.25, -0.2) is 8.78 Å². The predicted molar refractivity (Wildman–Crippen MR) is 184 cm³/mol. The molecule has 8 saturated heterocycles. The third-order valence-electron chi connectivity index (χ3n) is 12.8. The smallest absolute Gasteiger partial charge is 0.264 e. The summed E-state index contributed by atoms with van der Waals surface area (Å²) in [6.45, 7) is 3.57. The third-order valence-corrected chi connectivity index (χ3v) is 20.4. The maximum atomic E-state index is 15.7. The number of carbonyl (C=O) groups is 4. The summed E-state index contributed by atoms with van der Waals surface area (Å²) in [5.41, 5.74) is -3.20. The highest BCUT2D eigenvalue weighted by Crippen LogP contribution is 2.79. The Kier molecular flexibility index (Phi) is 5.84. The Labute approximate surface area is 300 Å². The zero-order valence-electron chi connectivity index (χ0n) is 26.9. The minimum absolute atomic E-state index is 0.131. The molecule has 0 aromatic heterocycles. The fraction of sp³-hybridized carbons (Fsp3) is 0.500. The van der Waals surface area contributed by atoms with Gasteiger partial charge in [-0.2, -0.15) is 0 Å². The molecule has 18 heteroatoms. The van der Waals surface area contributed by atoms with Crippen LogP contribution in [0.25, 0.3) is 0 Å². The van der Waals surface area contributed by atoms with E-state index in [0.717, 1.165) is 43.2 Å². The molecule has 2 aromatic carbocycles. The molecule has 12 rings (SSSR count). The number of nitrogens with one attached hydrogen (secondary N) is 2.